The van der Waals surface area contributed by atoms with Gasteiger partial charge in [-0.2, -0.15) is 0 Å². The zero-order chi connectivity index (χ0) is 15.1. The molecule has 0 atom stereocenters. The Morgan fingerprint density at radius 2 is 0.900 bits per heavy atom. The van der Waals surface area contributed by atoms with Gasteiger partial charge in [0.1, 0.15) is 0 Å². The molecule has 0 aromatic rings. The zero-order valence-electron chi connectivity index (χ0n) is 14.5. The summed E-state index contributed by atoms with van der Waals surface area (Å²) in [4.78, 5) is 0. The third-order valence-corrected chi connectivity index (χ3v) is 8.01. The maximum atomic E-state index is 12.2. The van der Waals surface area contributed by atoms with Gasteiger partial charge in [-0.3, -0.25) is 0 Å². The summed E-state index contributed by atoms with van der Waals surface area (Å²) in [5.41, 5.74) is 0. The Morgan fingerprint density at radius 1 is 0.550 bits per heavy atom. The van der Waals surface area contributed by atoms with E-state index in [1.54, 1.807) is 0 Å². The predicted octanol–water partition coefficient (Wildman–Crippen LogP) is 7.09. The molecule has 0 radical (unpaired) electrons. The van der Waals surface area contributed by atoms with Crippen molar-refractivity contribution in [3.8, 4) is 0 Å². The lowest BCUT2D eigenvalue weighted by Crippen LogP contribution is -1.95. The van der Waals surface area contributed by atoms with Gasteiger partial charge in [0.15, 0.2) is 0 Å². The van der Waals surface area contributed by atoms with E-state index in [1.807, 2.05) is 0 Å². The van der Waals surface area contributed by atoms with Crippen LogP contribution < -0.4 is 0 Å². The molecular formula is C18H39OP. The van der Waals surface area contributed by atoms with E-state index in [2.05, 4.69) is 20.8 Å². The molecule has 0 aromatic carbocycles. The monoisotopic (exact) mass is 302 g/mol. The normalized spacial score (nSPS) is 11.9. The van der Waals surface area contributed by atoms with E-state index >= 15 is 0 Å². The van der Waals surface area contributed by atoms with Crippen LogP contribution in [0.1, 0.15) is 97.8 Å². The fraction of sp³-hybridized carbons (Fsp3) is 1.00. The number of hydrogen-bond donors (Lipinski definition) is 0. The van der Waals surface area contributed by atoms with Crippen LogP contribution in [0.2, 0.25) is 0 Å². The first kappa shape index (κ1) is 20.2. The van der Waals surface area contributed by atoms with Gasteiger partial charge in [-0.1, -0.05) is 91.4 Å². The maximum absolute atomic E-state index is 12.2. The summed E-state index contributed by atoms with van der Waals surface area (Å²) in [6.45, 7) is 6.45. The van der Waals surface area contributed by atoms with Crippen molar-refractivity contribution in [2.45, 2.75) is 97.8 Å². The minimum absolute atomic E-state index is 0.904. The SMILES string of the molecule is CCCCCCCCCCCCCCP(=O)(CC)CC. The lowest BCUT2D eigenvalue weighted by Gasteiger charge is -2.13. The highest BCUT2D eigenvalue weighted by atomic mass is 31.2. The predicted molar refractivity (Wildman–Crippen MR) is 94.6 cm³/mol. The lowest BCUT2D eigenvalue weighted by molar-refractivity contribution is 0.545. The van der Waals surface area contributed by atoms with Gasteiger partial charge in [0.2, 0.25) is 0 Å². The van der Waals surface area contributed by atoms with E-state index in [4.69, 9.17) is 0 Å². The van der Waals surface area contributed by atoms with E-state index in [0.29, 0.717) is 0 Å². The molecule has 0 aliphatic carbocycles. The van der Waals surface area contributed by atoms with E-state index < -0.39 is 7.14 Å². The highest BCUT2D eigenvalue weighted by molar-refractivity contribution is 7.63. The minimum Gasteiger partial charge on any atom is -0.324 e. The van der Waals surface area contributed by atoms with Crippen LogP contribution in [0.3, 0.4) is 0 Å². The Morgan fingerprint density at radius 3 is 1.25 bits per heavy atom. The van der Waals surface area contributed by atoms with Gasteiger partial charge in [0.05, 0.1) is 7.14 Å². The van der Waals surface area contributed by atoms with E-state index in [0.717, 1.165) is 18.5 Å². The van der Waals surface area contributed by atoms with E-state index in [9.17, 15) is 4.57 Å². The van der Waals surface area contributed by atoms with Gasteiger partial charge in [0, 0.05) is 6.16 Å². The molecule has 0 bridgehead atoms. The molecule has 0 aliphatic heterocycles. The van der Waals surface area contributed by atoms with Crippen LogP contribution in [-0.4, -0.2) is 18.5 Å². The third-order valence-electron chi connectivity index (χ3n) is 4.57. The summed E-state index contributed by atoms with van der Waals surface area (Å²) >= 11 is 0. The summed E-state index contributed by atoms with van der Waals surface area (Å²) < 4.78 is 12.2. The number of hydrogen-bond acceptors (Lipinski definition) is 1. The van der Waals surface area contributed by atoms with Crippen molar-refractivity contribution in [3.63, 3.8) is 0 Å². The first-order valence-electron chi connectivity index (χ1n) is 9.25. The van der Waals surface area contributed by atoms with Gasteiger partial charge < -0.3 is 4.57 Å². The molecule has 0 amide bonds. The van der Waals surface area contributed by atoms with Crippen molar-refractivity contribution in [1.82, 2.24) is 0 Å². The second-order valence-electron chi connectivity index (χ2n) is 6.30. The molecular weight excluding hydrogens is 263 g/mol. The first-order valence-corrected chi connectivity index (χ1v) is 11.5. The fourth-order valence-electron chi connectivity index (χ4n) is 2.78. The van der Waals surface area contributed by atoms with Crippen LogP contribution >= 0.6 is 7.14 Å². The van der Waals surface area contributed by atoms with Crippen LogP contribution in [-0.2, 0) is 4.57 Å². The van der Waals surface area contributed by atoms with Gasteiger partial charge in [-0.15, -0.1) is 0 Å². The molecule has 1 nitrogen and oxygen atoms in total. The Kier molecular flexibility index (Phi) is 14.3. The van der Waals surface area contributed by atoms with Crippen molar-refractivity contribution in [1.29, 1.82) is 0 Å². The van der Waals surface area contributed by atoms with Crippen molar-refractivity contribution in [3.05, 3.63) is 0 Å². The highest BCUT2D eigenvalue weighted by Crippen LogP contribution is 2.45. The third kappa shape index (κ3) is 12.0. The molecule has 2 heteroatoms. The molecule has 0 saturated carbocycles. The first-order chi connectivity index (χ1) is 9.68. The van der Waals surface area contributed by atoms with Crippen LogP contribution in [0.4, 0.5) is 0 Å². The smallest absolute Gasteiger partial charge is 0.0872 e. The van der Waals surface area contributed by atoms with Crippen molar-refractivity contribution in [2.75, 3.05) is 18.5 Å². The number of rotatable bonds is 15. The molecule has 0 fully saturated rings. The summed E-state index contributed by atoms with van der Waals surface area (Å²) in [5.74, 6) is 0. The van der Waals surface area contributed by atoms with Crippen molar-refractivity contribution >= 4 is 7.14 Å². The van der Waals surface area contributed by atoms with E-state index in [-0.39, 0.29) is 0 Å². The topological polar surface area (TPSA) is 17.1 Å². The van der Waals surface area contributed by atoms with Crippen LogP contribution in [0.5, 0.6) is 0 Å². The summed E-state index contributed by atoms with van der Waals surface area (Å²) in [5, 5.41) is 0. The molecule has 0 N–H and O–H groups in total. The van der Waals surface area contributed by atoms with Gasteiger partial charge in [-0.05, 0) is 18.7 Å². The fourth-order valence-corrected chi connectivity index (χ4v) is 4.66. The average Bonchev–Trinajstić information content (AvgIpc) is 2.48. The van der Waals surface area contributed by atoms with Gasteiger partial charge in [0.25, 0.3) is 0 Å². The van der Waals surface area contributed by atoms with Crippen molar-refractivity contribution < 1.29 is 4.57 Å². The molecule has 0 aliphatic rings. The molecule has 0 rings (SSSR count). The van der Waals surface area contributed by atoms with Gasteiger partial charge >= 0.3 is 0 Å². The molecule has 0 unspecified atom stereocenters. The highest BCUT2D eigenvalue weighted by Gasteiger charge is 2.15. The Hall–Kier alpha value is 0.230. The second kappa shape index (κ2) is 14.2. The Bertz CT molecular complexity index is 230. The second-order valence-corrected chi connectivity index (χ2v) is 10.1. The molecule has 20 heavy (non-hydrogen) atoms. The lowest BCUT2D eigenvalue weighted by atomic mass is 10.1. The standard InChI is InChI=1S/C18H39OP/c1-4-7-8-9-10-11-12-13-14-15-16-17-18-20(19,5-2)6-3/h4-18H2,1-3H3. The van der Waals surface area contributed by atoms with Crippen molar-refractivity contribution in [2.24, 2.45) is 0 Å². The van der Waals surface area contributed by atoms with Crippen LogP contribution in [0, 0.1) is 0 Å². The maximum Gasteiger partial charge on any atom is 0.0872 e. The molecule has 0 aromatic heterocycles. The quantitative estimate of drug-likeness (QED) is 0.233. The molecule has 0 heterocycles. The zero-order valence-corrected chi connectivity index (χ0v) is 15.4. The summed E-state index contributed by atoms with van der Waals surface area (Å²) in [6.07, 6.45) is 19.4. The molecule has 122 valence electrons. The van der Waals surface area contributed by atoms with Crippen LogP contribution in [0.15, 0.2) is 0 Å². The van der Waals surface area contributed by atoms with E-state index in [1.165, 1.54) is 77.0 Å². The van der Waals surface area contributed by atoms with Crippen LogP contribution in [0.25, 0.3) is 0 Å². The minimum atomic E-state index is -1.76. The molecule has 0 spiro atoms. The largest absolute Gasteiger partial charge is 0.324 e. The number of unbranched alkanes of at least 4 members (excludes halogenated alkanes) is 11. The summed E-state index contributed by atoms with van der Waals surface area (Å²) in [7, 11) is -1.76. The average molecular weight is 302 g/mol. The van der Waals surface area contributed by atoms with Gasteiger partial charge in [-0.25, -0.2) is 0 Å². The molecule has 0 saturated heterocycles. The summed E-state index contributed by atoms with van der Waals surface area (Å²) in [6, 6.07) is 0. The Balaban J connectivity index is 3.19. The Labute approximate surface area is 128 Å².